The number of aliphatic imine (C=N–C) groups is 1. The molecule has 0 bridgehead atoms. The minimum absolute atomic E-state index is 0.125. The van der Waals surface area contributed by atoms with Gasteiger partial charge in [-0.25, -0.2) is 4.99 Å². The van der Waals surface area contributed by atoms with Crippen molar-refractivity contribution in [2.75, 3.05) is 18.6 Å². The van der Waals surface area contributed by atoms with Gasteiger partial charge in [-0.3, -0.25) is 9.69 Å². The lowest BCUT2D eigenvalue weighted by molar-refractivity contribution is -0.113. The molecule has 3 aromatic rings. The highest BCUT2D eigenvalue weighted by Gasteiger charge is 2.34. The number of thioether (sulfide) groups is 1. The third kappa shape index (κ3) is 4.74. The lowest BCUT2D eigenvalue weighted by Gasteiger charge is -2.15. The molecular formula is C25H21BrN2O3S. The monoisotopic (exact) mass is 508 g/mol. The van der Waals surface area contributed by atoms with Gasteiger partial charge in [0.1, 0.15) is 0 Å². The Morgan fingerprint density at radius 3 is 2.41 bits per heavy atom. The van der Waals surface area contributed by atoms with E-state index in [9.17, 15) is 4.79 Å². The lowest BCUT2D eigenvalue weighted by atomic mass is 10.1. The van der Waals surface area contributed by atoms with Crippen molar-refractivity contribution < 1.29 is 14.3 Å². The Kier molecular flexibility index (Phi) is 6.97. The predicted octanol–water partition coefficient (Wildman–Crippen LogP) is 6.67. The van der Waals surface area contributed by atoms with Gasteiger partial charge in [-0.2, -0.15) is 0 Å². The van der Waals surface area contributed by atoms with Gasteiger partial charge >= 0.3 is 0 Å². The molecule has 7 heteroatoms. The van der Waals surface area contributed by atoms with E-state index in [0.29, 0.717) is 28.2 Å². The van der Waals surface area contributed by atoms with E-state index >= 15 is 0 Å². The Hall–Kier alpha value is -3.03. The number of carbonyl (C=O) groups is 1. The van der Waals surface area contributed by atoms with Crippen LogP contribution in [-0.2, 0) is 4.79 Å². The van der Waals surface area contributed by atoms with Crippen LogP contribution >= 0.6 is 27.7 Å². The summed E-state index contributed by atoms with van der Waals surface area (Å²) in [5.41, 5.74) is 2.38. The molecule has 0 N–H and O–H groups in total. The van der Waals surface area contributed by atoms with Gasteiger partial charge in [0.2, 0.25) is 0 Å². The highest BCUT2D eigenvalue weighted by Crippen LogP contribution is 2.40. The van der Waals surface area contributed by atoms with Crippen molar-refractivity contribution >= 4 is 56.2 Å². The van der Waals surface area contributed by atoms with E-state index in [1.807, 2.05) is 85.8 Å². The van der Waals surface area contributed by atoms with Gasteiger partial charge < -0.3 is 9.47 Å². The van der Waals surface area contributed by atoms with E-state index in [-0.39, 0.29) is 5.91 Å². The number of anilines is 1. The summed E-state index contributed by atoms with van der Waals surface area (Å²) in [7, 11) is 1.60. The normalized spacial score (nSPS) is 16.1. The summed E-state index contributed by atoms with van der Waals surface area (Å²) in [6.45, 7) is 2.44. The van der Waals surface area contributed by atoms with Crippen LogP contribution in [0.1, 0.15) is 12.5 Å². The van der Waals surface area contributed by atoms with Crippen LogP contribution in [0.5, 0.6) is 11.5 Å². The van der Waals surface area contributed by atoms with Gasteiger partial charge in [-0.1, -0.05) is 36.4 Å². The van der Waals surface area contributed by atoms with E-state index in [4.69, 9.17) is 14.5 Å². The fraction of sp³-hybridized carbons (Fsp3) is 0.120. The molecule has 1 amide bonds. The summed E-state index contributed by atoms with van der Waals surface area (Å²) >= 11 is 4.89. The summed E-state index contributed by atoms with van der Waals surface area (Å²) < 4.78 is 11.9. The van der Waals surface area contributed by atoms with Crippen LogP contribution < -0.4 is 14.4 Å². The van der Waals surface area contributed by atoms with Crippen LogP contribution in [0.25, 0.3) is 6.08 Å². The van der Waals surface area contributed by atoms with Crippen LogP contribution in [0, 0.1) is 0 Å². The van der Waals surface area contributed by atoms with Crippen molar-refractivity contribution in [3.63, 3.8) is 0 Å². The molecule has 1 saturated heterocycles. The molecule has 3 aromatic carbocycles. The summed E-state index contributed by atoms with van der Waals surface area (Å²) in [6.07, 6.45) is 1.85. The zero-order chi connectivity index (χ0) is 22.5. The summed E-state index contributed by atoms with van der Waals surface area (Å²) in [5.74, 6) is 1.11. The predicted molar refractivity (Wildman–Crippen MR) is 135 cm³/mol. The smallest absolute Gasteiger partial charge is 0.271 e. The number of hydrogen-bond donors (Lipinski definition) is 0. The zero-order valence-electron chi connectivity index (χ0n) is 17.6. The molecule has 0 spiro atoms. The zero-order valence-corrected chi connectivity index (χ0v) is 20.0. The largest absolute Gasteiger partial charge is 0.493 e. The molecule has 0 aliphatic carbocycles. The Balaban J connectivity index is 1.76. The molecule has 0 radical (unpaired) electrons. The molecular weight excluding hydrogens is 488 g/mol. The molecule has 0 aromatic heterocycles. The van der Waals surface area contributed by atoms with E-state index < -0.39 is 0 Å². The van der Waals surface area contributed by atoms with Crippen molar-refractivity contribution in [1.29, 1.82) is 0 Å². The maximum absolute atomic E-state index is 13.4. The van der Waals surface area contributed by atoms with Crippen LogP contribution in [0.2, 0.25) is 0 Å². The number of para-hydroxylation sites is 2. The number of halogens is 1. The maximum Gasteiger partial charge on any atom is 0.271 e. The Morgan fingerprint density at radius 2 is 1.75 bits per heavy atom. The first-order chi connectivity index (χ1) is 15.6. The van der Waals surface area contributed by atoms with E-state index in [1.54, 1.807) is 12.0 Å². The molecule has 0 saturated carbocycles. The molecule has 162 valence electrons. The average molecular weight is 509 g/mol. The number of ether oxygens (including phenoxy) is 2. The van der Waals surface area contributed by atoms with E-state index in [0.717, 1.165) is 21.4 Å². The number of nitrogens with zero attached hydrogens (tertiary/aromatic N) is 2. The Bertz CT molecular complexity index is 1180. The van der Waals surface area contributed by atoms with Gasteiger partial charge in [0.05, 0.1) is 34.5 Å². The van der Waals surface area contributed by atoms with E-state index in [1.165, 1.54) is 11.8 Å². The second kappa shape index (κ2) is 10.1. The van der Waals surface area contributed by atoms with Gasteiger partial charge in [-0.15, -0.1) is 0 Å². The fourth-order valence-electron chi connectivity index (χ4n) is 3.23. The second-order valence-corrected chi connectivity index (χ2v) is 8.65. The topological polar surface area (TPSA) is 51.1 Å². The SMILES string of the molecule is CCOc1c(Br)cc(/C=C2\SC(=Nc3ccccc3)N(c3ccccc3)C2=O)cc1OC. The number of benzene rings is 3. The standard InChI is InChI=1S/C25H21BrN2O3S/c1-3-31-23-20(26)14-17(15-21(23)30-2)16-22-24(29)28(19-12-8-5-9-13-19)25(32-22)27-18-10-6-4-7-11-18/h4-16H,3H2,1-2H3/b22-16-,27-25?. The van der Waals surface area contributed by atoms with Crippen LogP contribution in [-0.4, -0.2) is 24.8 Å². The molecule has 0 unspecified atom stereocenters. The van der Waals surface area contributed by atoms with Gasteiger partial charge in [0.15, 0.2) is 16.7 Å². The third-order valence-electron chi connectivity index (χ3n) is 4.64. The van der Waals surface area contributed by atoms with E-state index in [2.05, 4.69) is 15.9 Å². The number of amidine groups is 1. The summed E-state index contributed by atoms with van der Waals surface area (Å²) in [5, 5.41) is 0.607. The van der Waals surface area contributed by atoms with Crippen molar-refractivity contribution in [2.45, 2.75) is 6.92 Å². The molecule has 1 fully saturated rings. The molecule has 0 atom stereocenters. The molecule has 1 aliphatic rings. The first-order valence-electron chi connectivity index (χ1n) is 10.0. The van der Waals surface area contributed by atoms with Gasteiger partial charge in [0, 0.05) is 0 Å². The van der Waals surface area contributed by atoms with Crippen molar-refractivity contribution in [2.24, 2.45) is 4.99 Å². The first kappa shape index (κ1) is 22.2. The van der Waals surface area contributed by atoms with Crippen molar-refractivity contribution in [1.82, 2.24) is 0 Å². The molecule has 1 heterocycles. The second-order valence-electron chi connectivity index (χ2n) is 6.78. The highest BCUT2D eigenvalue weighted by atomic mass is 79.9. The minimum Gasteiger partial charge on any atom is -0.493 e. The van der Waals surface area contributed by atoms with Crippen LogP contribution in [0.15, 0.2) is 87.2 Å². The lowest BCUT2D eigenvalue weighted by Crippen LogP contribution is -2.28. The van der Waals surface area contributed by atoms with Gasteiger partial charge in [-0.05, 0) is 82.7 Å². The quantitative estimate of drug-likeness (QED) is 0.349. The van der Waals surface area contributed by atoms with Gasteiger partial charge in [0.25, 0.3) is 5.91 Å². The first-order valence-corrected chi connectivity index (χ1v) is 11.6. The molecule has 5 nitrogen and oxygen atoms in total. The molecule has 32 heavy (non-hydrogen) atoms. The highest BCUT2D eigenvalue weighted by molar-refractivity contribution is 9.10. The third-order valence-corrected chi connectivity index (χ3v) is 6.20. The summed E-state index contributed by atoms with van der Waals surface area (Å²) in [6, 6.07) is 22.9. The average Bonchev–Trinajstić information content (AvgIpc) is 3.11. The van der Waals surface area contributed by atoms with Crippen LogP contribution in [0.3, 0.4) is 0 Å². The summed E-state index contributed by atoms with van der Waals surface area (Å²) in [4.78, 5) is 20.4. The molecule has 4 rings (SSSR count). The number of hydrogen-bond acceptors (Lipinski definition) is 5. The molecule has 1 aliphatic heterocycles. The fourth-order valence-corrected chi connectivity index (χ4v) is 4.80. The number of amides is 1. The number of carbonyl (C=O) groups excluding carboxylic acids is 1. The Labute approximate surface area is 199 Å². The van der Waals surface area contributed by atoms with Crippen molar-refractivity contribution in [3.05, 3.63) is 87.7 Å². The minimum atomic E-state index is -0.125. The van der Waals surface area contributed by atoms with Crippen molar-refractivity contribution in [3.8, 4) is 11.5 Å². The number of methoxy groups -OCH3 is 1. The number of rotatable bonds is 6. The van der Waals surface area contributed by atoms with Crippen LogP contribution in [0.4, 0.5) is 11.4 Å². The Morgan fingerprint density at radius 1 is 1.06 bits per heavy atom. The maximum atomic E-state index is 13.4.